The molecule has 3 fully saturated rings. The average Bonchev–Trinajstić information content (AvgIpc) is 3.61. The number of fused-ring (bicyclic) bond motifs is 4. The number of phosphoric acid groups is 1. The molecule has 6 heterocycles. The summed E-state index contributed by atoms with van der Waals surface area (Å²) >= 11 is 5.14. The Bertz CT molecular complexity index is 1710. The van der Waals surface area contributed by atoms with Gasteiger partial charge in [-0.05, 0) is 0 Å². The molecule has 21 nitrogen and oxygen atoms in total. The van der Waals surface area contributed by atoms with Crippen molar-refractivity contribution in [2.75, 3.05) is 26.1 Å². The topological polar surface area (TPSA) is 324 Å². The predicted octanol–water partition coefficient (Wildman–Crippen LogP) is -1.43. The molecule has 3 aromatic heterocycles. The van der Waals surface area contributed by atoms with Crippen LogP contribution in [0.15, 0.2) is 34.5 Å². The Hall–Kier alpha value is -2.53. The third-order valence-corrected chi connectivity index (χ3v) is 9.36. The van der Waals surface area contributed by atoms with Gasteiger partial charge in [0.15, 0.2) is 23.9 Å². The lowest BCUT2D eigenvalue weighted by Gasteiger charge is -2.35. The van der Waals surface area contributed by atoms with E-state index in [1.54, 1.807) is 0 Å². The third-order valence-electron chi connectivity index (χ3n) is 6.82. The van der Waals surface area contributed by atoms with Crippen molar-refractivity contribution in [1.82, 2.24) is 41.4 Å². The van der Waals surface area contributed by atoms with E-state index in [4.69, 9.17) is 49.8 Å². The summed E-state index contributed by atoms with van der Waals surface area (Å²) in [5.41, 5.74) is 4.89. The maximum atomic E-state index is 13.3. The number of hydrogen-bond acceptors (Lipinski definition) is 18. The van der Waals surface area contributed by atoms with Crippen molar-refractivity contribution in [2.45, 2.75) is 49.4 Å². The van der Waals surface area contributed by atoms with Crippen LogP contribution in [-0.4, -0.2) is 79.9 Å². The van der Waals surface area contributed by atoms with E-state index in [2.05, 4.69) is 19.9 Å². The number of aromatic nitrogens is 6. The van der Waals surface area contributed by atoms with E-state index in [1.807, 2.05) is 0 Å². The van der Waals surface area contributed by atoms with E-state index < -0.39 is 82.0 Å². The first-order chi connectivity index (χ1) is 19.9. The van der Waals surface area contributed by atoms with Gasteiger partial charge in [0.05, 0.1) is 25.6 Å². The number of ether oxygens (including phenoxy) is 3. The number of nitrogens with one attached hydrogen (secondary N) is 1. The summed E-state index contributed by atoms with van der Waals surface area (Å²) in [7, 11) is -3.77. The van der Waals surface area contributed by atoms with Crippen LogP contribution in [0.25, 0.3) is 11.2 Å². The largest absolute Gasteiger partial charge is 0.780 e. The van der Waals surface area contributed by atoms with Gasteiger partial charge in [0.1, 0.15) is 43.0 Å². The second kappa shape index (κ2) is 13.1. The number of rotatable bonds is 3. The van der Waals surface area contributed by atoms with Crippen LogP contribution in [0, 0.1) is 0 Å². The standard InChI is InChI=1S/C20H25N7O12P2S.2H3N/c1-33-15-14-11(37-19(15)27-8-24-13-16(21)22-7-23-17(13)27)6-34-40(30,31)38-10-4-9(5-35-41(32,42)39-14)36-18(10)26-3-2-12(28)25-20(26)29;;/h2-3,7-11,14-15,18-19H,4-6H2,1H3,(H,30,31)(H,32,42)(H2,21,22,23)(H,25,28,29);2*1H3/p-1/t9-,10+,11+,14+,15+,18+,19+,41?;;/m0../s1. The van der Waals surface area contributed by atoms with Gasteiger partial charge in [0, 0.05) is 25.8 Å². The van der Waals surface area contributed by atoms with Crippen molar-refractivity contribution >= 4 is 43.3 Å². The molecule has 2 bridgehead atoms. The van der Waals surface area contributed by atoms with E-state index in [-0.39, 0.29) is 35.7 Å². The van der Waals surface area contributed by atoms with Gasteiger partial charge in [-0.2, -0.15) is 0 Å². The first-order valence-corrected chi connectivity index (χ1v) is 16.3. The van der Waals surface area contributed by atoms with Crippen LogP contribution in [-0.2, 0) is 48.7 Å². The molecule has 244 valence electrons. The van der Waals surface area contributed by atoms with Crippen LogP contribution >= 0.6 is 14.5 Å². The molecule has 6 rings (SSSR count). The van der Waals surface area contributed by atoms with Gasteiger partial charge in [-0.3, -0.25) is 23.5 Å². The first kappa shape index (κ1) is 34.3. The molecule has 0 spiro atoms. The number of nitrogens with zero attached hydrogens (tertiary/aromatic N) is 5. The highest BCUT2D eigenvalue weighted by Gasteiger charge is 2.50. The van der Waals surface area contributed by atoms with Gasteiger partial charge >= 0.3 is 5.69 Å². The zero-order chi connectivity index (χ0) is 29.8. The molecule has 3 aliphatic heterocycles. The minimum Gasteiger partial charge on any atom is -0.780 e. The number of quaternary nitrogens is 1. The zero-order valence-corrected chi connectivity index (χ0v) is 25.8. The monoisotopic (exact) mass is 682 g/mol. The molecular formula is C20H30N9O12P2S-. The molecule has 0 aliphatic carbocycles. The van der Waals surface area contributed by atoms with E-state index in [9.17, 15) is 23.9 Å². The van der Waals surface area contributed by atoms with Crippen molar-refractivity contribution in [3.8, 4) is 0 Å². The van der Waals surface area contributed by atoms with Crippen molar-refractivity contribution in [2.24, 2.45) is 0 Å². The van der Waals surface area contributed by atoms with Crippen LogP contribution in [0.3, 0.4) is 0 Å². The van der Waals surface area contributed by atoms with Crippen molar-refractivity contribution in [3.05, 3.63) is 45.8 Å². The first-order valence-electron chi connectivity index (χ1n) is 12.3. The molecule has 3 aliphatic rings. The van der Waals surface area contributed by atoms with E-state index in [0.29, 0.717) is 0 Å². The SMILES string of the molecule is CO[C@@H]1[C@@H]2OP([O-])(=S)OC[C@@H]3C[C@@H](OP(=O)([O-])OC[C@H]2O[C@H]1n1cnc2c(N)ncnc21)[C@H](n1ccc(=O)[nH]c1=O)O3.N.[NH4+]. The van der Waals surface area contributed by atoms with Crippen LogP contribution in [0.5, 0.6) is 0 Å². The summed E-state index contributed by atoms with van der Waals surface area (Å²) in [6.07, 6.45) is -4.54. The lowest BCUT2D eigenvalue weighted by molar-refractivity contribution is -0.236. The van der Waals surface area contributed by atoms with E-state index in [0.717, 1.165) is 16.8 Å². The fourth-order valence-corrected chi connectivity index (χ4v) is 7.36. The smallest absolute Gasteiger partial charge is 0.330 e. The van der Waals surface area contributed by atoms with Crippen molar-refractivity contribution in [3.63, 3.8) is 0 Å². The second-order valence-corrected chi connectivity index (χ2v) is 13.5. The van der Waals surface area contributed by atoms with Gasteiger partial charge in [-0.25, -0.2) is 19.7 Å². The molecule has 24 heteroatoms. The molecule has 3 saturated heterocycles. The van der Waals surface area contributed by atoms with E-state index >= 15 is 0 Å². The summed E-state index contributed by atoms with van der Waals surface area (Å²) < 4.78 is 54.4. The summed E-state index contributed by atoms with van der Waals surface area (Å²) in [4.78, 5) is 64.5. The molecular weight excluding hydrogens is 652 g/mol. The van der Waals surface area contributed by atoms with Gasteiger partial charge in [-0.15, -0.1) is 0 Å². The van der Waals surface area contributed by atoms with Crippen molar-refractivity contribution in [1.29, 1.82) is 0 Å². The minimum atomic E-state index is -5.10. The van der Waals surface area contributed by atoms with Crippen LogP contribution in [0.2, 0.25) is 0 Å². The molecule has 0 amide bonds. The van der Waals surface area contributed by atoms with Gasteiger partial charge in [-0.1, -0.05) is 11.8 Å². The quantitative estimate of drug-likeness (QED) is 0.230. The van der Waals surface area contributed by atoms with Crippen LogP contribution in [0.4, 0.5) is 5.82 Å². The second-order valence-electron chi connectivity index (χ2n) is 9.45. The lowest BCUT2D eigenvalue weighted by Crippen LogP contribution is -2.39. The molecule has 0 aromatic carbocycles. The fourth-order valence-electron chi connectivity index (χ4n) is 5.01. The molecule has 0 saturated carbocycles. The Morgan fingerprint density at radius 3 is 2.59 bits per heavy atom. The normalized spacial score (nSPS) is 35.8. The number of nitrogen functional groups attached to an aromatic ring is 1. The summed E-state index contributed by atoms with van der Waals surface area (Å²) in [6, 6.07) is 1.05. The highest BCUT2D eigenvalue weighted by Crippen LogP contribution is 2.51. The molecule has 0 radical (unpaired) electrons. The average molecular weight is 683 g/mol. The maximum absolute atomic E-state index is 13.3. The number of anilines is 1. The van der Waals surface area contributed by atoms with Gasteiger partial charge < -0.3 is 60.1 Å². The summed E-state index contributed by atoms with van der Waals surface area (Å²) in [5.74, 6) is 0.111. The van der Waals surface area contributed by atoms with Gasteiger partial charge in [0.2, 0.25) is 0 Å². The minimum absolute atomic E-state index is 0. The summed E-state index contributed by atoms with van der Waals surface area (Å²) in [5, 5.41) is 0. The van der Waals surface area contributed by atoms with Gasteiger partial charge in [0.25, 0.3) is 13.4 Å². The number of imidazole rings is 1. The van der Waals surface area contributed by atoms with Crippen LogP contribution < -0.4 is 39.1 Å². The molecule has 9 atom stereocenters. The highest BCUT2D eigenvalue weighted by atomic mass is 32.5. The maximum Gasteiger partial charge on any atom is 0.330 e. The third kappa shape index (κ3) is 6.69. The predicted molar refractivity (Wildman–Crippen MR) is 149 cm³/mol. The summed E-state index contributed by atoms with van der Waals surface area (Å²) in [6.45, 7) is -5.39. The highest BCUT2D eigenvalue weighted by molar-refractivity contribution is 8.06. The zero-order valence-electron chi connectivity index (χ0n) is 23.2. The lowest BCUT2D eigenvalue weighted by atomic mass is 10.1. The van der Waals surface area contributed by atoms with Crippen LogP contribution in [0.1, 0.15) is 18.9 Å². The fraction of sp³-hybridized carbons (Fsp3) is 0.550. The van der Waals surface area contributed by atoms with E-state index in [1.165, 1.54) is 24.3 Å². The molecule has 44 heavy (non-hydrogen) atoms. The number of aromatic amines is 1. The number of nitrogens with two attached hydrogens (primary N) is 1. The Kier molecular flexibility index (Phi) is 10.2. The number of phosphoric ester groups is 1. The Morgan fingerprint density at radius 2 is 1.86 bits per heavy atom. The Morgan fingerprint density at radius 1 is 1.09 bits per heavy atom. The molecule has 2 unspecified atom stereocenters. The van der Waals surface area contributed by atoms with Crippen molar-refractivity contribution < 1.29 is 46.7 Å². The molecule has 3 aromatic rings. The molecule has 10 N–H and O–H groups in total. The number of H-pyrrole nitrogens is 1. The Balaban J connectivity index is 0.00000221. The number of hydrogen-bond donors (Lipinski definition) is 4. The Labute approximate surface area is 252 Å². The number of methoxy groups -OCH3 is 1.